The van der Waals surface area contributed by atoms with Crippen molar-refractivity contribution in [1.82, 2.24) is 0 Å². The van der Waals surface area contributed by atoms with Gasteiger partial charge in [0, 0.05) is 18.1 Å². The lowest BCUT2D eigenvalue weighted by atomic mass is 10.0. The summed E-state index contributed by atoms with van der Waals surface area (Å²) in [5.41, 5.74) is 2.80. The number of aryl methyl sites for hydroxylation is 3. The van der Waals surface area contributed by atoms with Crippen LogP contribution in [0.15, 0.2) is 18.5 Å². The maximum Gasteiger partial charge on any atom is 0.171 e. The lowest BCUT2D eigenvalue weighted by Gasteiger charge is -2.03. The van der Waals surface area contributed by atoms with Gasteiger partial charge in [-0.3, -0.25) is 0 Å². The van der Waals surface area contributed by atoms with Crippen molar-refractivity contribution in [1.29, 1.82) is 0 Å². The second kappa shape index (κ2) is 19.0. The molecule has 0 aliphatic carbocycles. The molecule has 27 heavy (non-hydrogen) atoms. The van der Waals surface area contributed by atoms with Crippen LogP contribution in [0.1, 0.15) is 121 Å². The lowest BCUT2D eigenvalue weighted by molar-refractivity contribution is -0.697. The molecular formula is C25H46BrN. The fraction of sp³-hybridized carbons (Fsp3) is 0.800. The van der Waals surface area contributed by atoms with E-state index in [1.807, 2.05) is 0 Å². The number of hydrogen-bond donors (Lipinski definition) is 0. The zero-order valence-corrected chi connectivity index (χ0v) is 20.2. The second-order valence-electron chi connectivity index (χ2n) is 8.35. The number of pyridine rings is 1. The van der Waals surface area contributed by atoms with Gasteiger partial charge in [-0.25, -0.2) is 4.57 Å². The van der Waals surface area contributed by atoms with Crippen molar-refractivity contribution < 1.29 is 21.5 Å². The Hall–Kier alpha value is -0.370. The Bertz CT molecular complexity index is 444. The van der Waals surface area contributed by atoms with E-state index in [2.05, 4.69) is 43.8 Å². The smallest absolute Gasteiger partial charge is 0.171 e. The Morgan fingerprint density at radius 1 is 0.593 bits per heavy atom. The van der Waals surface area contributed by atoms with Crippen molar-refractivity contribution in [2.45, 2.75) is 130 Å². The summed E-state index contributed by atoms with van der Waals surface area (Å²) in [5.74, 6) is 0. The molecule has 0 aliphatic heterocycles. The van der Waals surface area contributed by atoms with Crippen molar-refractivity contribution in [3.63, 3.8) is 0 Å². The number of halogens is 1. The van der Waals surface area contributed by atoms with Crippen LogP contribution in [-0.4, -0.2) is 0 Å². The van der Waals surface area contributed by atoms with E-state index in [0.29, 0.717) is 0 Å². The molecule has 0 atom stereocenters. The summed E-state index contributed by atoms with van der Waals surface area (Å²) in [5, 5.41) is 0. The van der Waals surface area contributed by atoms with Gasteiger partial charge in [-0.15, -0.1) is 0 Å². The van der Waals surface area contributed by atoms with E-state index in [0.717, 1.165) is 0 Å². The van der Waals surface area contributed by atoms with Crippen LogP contribution in [0.4, 0.5) is 0 Å². The highest BCUT2D eigenvalue weighted by molar-refractivity contribution is 5.16. The molecule has 2 heteroatoms. The molecule has 1 heterocycles. The van der Waals surface area contributed by atoms with Gasteiger partial charge in [0.15, 0.2) is 12.4 Å². The molecular weight excluding hydrogens is 394 g/mol. The van der Waals surface area contributed by atoms with Crippen LogP contribution in [-0.2, 0) is 6.54 Å². The van der Waals surface area contributed by atoms with Gasteiger partial charge >= 0.3 is 0 Å². The molecule has 158 valence electrons. The third-order valence-electron chi connectivity index (χ3n) is 5.77. The molecule has 0 bridgehead atoms. The van der Waals surface area contributed by atoms with Crippen molar-refractivity contribution >= 4 is 0 Å². The maximum absolute atomic E-state index is 2.35. The molecule has 0 aromatic carbocycles. The predicted octanol–water partition coefficient (Wildman–Crippen LogP) is 4.86. The highest BCUT2D eigenvalue weighted by Crippen LogP contribution is 2.13. The van der Waals surface area contributed by atoms with Crippen molar-refractivity contribution in [3.8, 4) is 0 Å². The minimum absolute atomic E-state index is 0. The number of nitrogens with zero attached hydrogens (tertiary/aromatic N) is 1. The normalized spacial score (nSPS) is 10.8. The Kier molecular flexibility index (Phi) is 18.7. The molecule has 0 saturated heterocycles. The summed E-state index contributed by atoms with van der Waals surface area (Å²) in [6, 6.07) is 2.24. The van der Waals surface area contributed by atoms with Crippen LogP contribution < -0.4 is 21.5 Å². The minimum atomic E-state index is 0. The molecule has 0 saturated carbocycles. The summed E-state index contributed by atoms with van der Waals surface area (Å²) < 4.78 is 2.35. The van der Waals surface area contributed by atoms with Gasteiger partial charge in [0.1, 0.15) is 6.54 Å². The summed E-state index contributed by atoms with van der Waals surface area (Å²) in [7, 11) is 0. The largest absolute Gasteiger partial charge is 1.00 e. The van der Waals surface area contributed by atoms with E-state index in [-0.39, 0.29) is 17.0 Å². The monoisotopic (exact) mass is 439 g/mol. The number of rotatable bonds is 17. The SMILES string of the molecule is CCCCCCCCCCCCCCCCCC[n+]1ccc(C)c(C)c1.[Br-]. The van der Waals surface area contributed by atoms with Crippen LogP contribution in [0.2, 0.25) is 0 Å². The molecule has 0 N–H and O–H groups in total. The van der Waals surface area contributed by atoms with E-state index >= 15 is 0 Å². The third-order valence-corrected chi connectivity index (χ3v) is 5.77. The molecule has 0 aliphatic rings. The number of unbranched alkanes of at least 4 members (excludes halogenated alkanes) is 15. The average Bonchev–Trinajstić information content (AvgIpc) is 2.64. The Morgan fingerprint density at radius 3 is 1.41 bits per heavy atom. The molecule has 0 amide bonds. The molecule has 0 fully saturated rings. The Morgan fingerprint density at radius 2 is 1.00 bits per heavy atom. The van der Waals surface area contributed by atoms with E-state index in [1.54, 1.807) is 0 Å². The van der Waals surface area contributed by atoms with Gasteiger partial charge in [0.25, 0.3) is 0 Å². The molecule has 0 spiro atoms. The van der Waals surface area contributed by atoms with E-state index in [9.17, 15) is 0 Å². The lowest BCUT2D eigenvalue weighted by Crippen LogP contribution is -3.00. The third kappa shape index (κ3) is 15.3. The van der Waals surface area contributed by atoms with Crippen molar-refractivity contribution in [2.75, 3.05) is 0 Å². The van der Waals surface area contributed by atoms with Crippen molar-refractivity contribution in [2.24, 2.45) is 0 Å². The van der Waals surface area contributed by atoms with E-state index in [1.165, 1.54) is 120 Å². The average molecular weight is 441 g/mol. The number of hydrogen-bond acceptors (Lipinski definition) is 0. The zero-order valence-electron chi connectivity index (χ0n) is 18.6. The van der Waals surface area contributed by atoms with Crippen molar-refractivity contribution in [3.05, 3.63) is 29.6 Å². The Labute approximate surface area is 181 Å². The molecule has 1 aromatic rings. The minimum Gasteiger partial charge on any atom is -1.00 e. The van der Waals surface area contributed by atoms with Crippen LogP contribution in [0.5, 0.6) is 0 Å². The van der Waals surface area contributed by atoms with Gasteiger partial charge in [-0.2, -0.15) is 0 Å². The first kappa shape index (κ1) is 26.6. The Balaban J connectivity index is 0.00000676. The van der Waals surface area contributed by atoms with Crippen LogP contribution in [0.25, 0.3) is 0 Å². The fourth-order valence-electron chi connectivity index (χ4n) is 3.71. The first-order valence-electron chi connectivity index (χ1n) is 11.7. The molecule has 1 aromatic heterocycles. The van der Waals surface area contributed by atoms with Gasteiger partial charge in [-0.05, 0) is 25.8 Å². The summed E-state index contributed by atoms with van der Waals surface area (Å²) >= 11 is 0. The summed E-state index contributed by atoms with van der Waals surface area (Å²) in [6.07, 6.45) is 27.6. The fourth-order valence-corrected chi connectivity index (χ4v) is 3.71. The summed E-state index contributed by atoms with van der Waals surface area (Å²) in [4.78, 5) is 0. The topological polar surface area (TPSA) is 3.88 Å². The highest BCUT2D eigenvalue weighted by atomic mass is 79.9. The van der Waals surface area contributed by atoms with Gasteiger partial charge in [-0.1, -0.05) is 96.8 Å². The van der Waals surface area contributed by atoms with Gasteiger partial charge in [0.2, 0.25) is 0 Å². The maximum atomic E-state index is 2.35. The molecule has 1 nitrogen and oxygen atoms in total. The second-order valence-corrected chi connectivity index (χ2v) is 8.35. The standard InChI is InChI=1S/C25H46N.BrH/c1-4-5-6-7-8-9-10-11-12-13-14-15-16-17-18-19-21-26-22-20-24(2)25(3)23-26;/h20,22-23H,4-19,21H2,1-3H3;1H/q+1;/p-1. The van der Waals surface area contributed by atoms with E-state index < -0.39 is 0 Å². The van der Waals surface area contributed by atoms with Gasteiger partial charge in [0.05, 0.1) is 0 Å². The van der Waals surface area contributed by atoms with Gasteiger partial charge < -0.3 is 17.0 Å². The first-order valence-corrected chi connectivity index (χ1v) is 11.7. The molecule has 1 rings (SSSR count). The summed E-state index contributed by atoms with van der Waals surface area (Å²) in [6.45, 7) is 7.87. The molecule has 0 radical (unpaired) electrons. The quantitative estimate of drug-likeness (QED) is 0.241. The van der Waals surface area contributed by atoms with Crippen LogP contribution >= 0.6 is 0 Å². The van der Waals surface area contributed by atoms with Crippen LogP contribution in [0.3, 0.4) is 0 Å². The van der Waals surface area contributed by atoms with E-state index in [4.69, 9.17) is 0 Å². The predicted molar refractivity (Wildman–Crippen MR) is 116 cm³/mol. The molecule has 0 unspecified atom stereocenters. The number of aromatic nitrogens is 1. The highest BCUT2D eigenvalue weighted by Gasteiger charge is 2.02. The zero-order chi connectivity index (χ0) is 18.9. The first-order chi connectivity index (χ1) is 12.7. The van der Waals surface area contributed by atoms with Crippen LogP contribution in [0, 0.1) is 13.8 Å².